The van der Waals surface area contributed by atoms with Crippen molar-refractivity contribution >= 4 is 17.5 Å². The van der Waals surface area contributed by atoms with E-state index in [2.05, 4.69) is 5.32 Å². The van der Waals surface area contributed by atoms with Gasteiger partial charge in [-0.15, -0.1) is 0 Å². The van der Waals surface area contributed by atoms with Gasteiger partial charge in [-0.2, -0.15) is 0 Å². The third-order valence-electron chi connectivity index (χ3n) is 2.68. The van der Waals surface area contributed by atoms with E-state index in [1.165, 1.54) is 0 Å². The summed E-state index contributed by atoms with van der Waals surface area (Å²) < 4.78 is 0. The Morgan fingerprint density at radius 2 is 1.94 bits per heavy atom. The molecule has 0 fully saturated rings. The molecule has 92 valence electrons. The Kier molecular flexibility index (Phi) is 4.00. The van der Waals surface area contributed by atoms with Crippen LogP contribution in [0.25, 0.3) is 0 Å². The summed E-state index contributed by atoms with van der Waals surface area (Å²) in [6, 6.07) is 15.0. The van der Waals surface area contributed by atoms with E-state index in [-0.39, 0.29) is 5.91 Å². The van der Waals surface area contributed by atoms with Gasteiger partial charge in [-0.3, -0.25) is 4.79 Å². The highest BCUT2D eigenvalue weighted by molar-refractivity contribution is 6.31. The Bertz CT molecular complexity index is 566. The number of benzene rings is 2. The van der Waals surface area contributed by atoms with Crippen molar-refractivity contribution in [3.8, 4) is 0 Å². The molecule has 3 heteroatoms. The van der Waals surface area contributed by atoms with Crippen LogP contribution in [0.1, 0.15) is 21.5 Å². The van der Waals surface area contributed by atoms with Crippen LogP contribution in [0.3, 0.4) is 0 Å². The molecule has 0 aromatic heterocycles. The number of amides is 1. The molecular weight excluding hydrogens is 246 g/mol. The Balaban J connectivity index is 2.03. The molecule has 0 atom stereocenters. The highest BCUT2D eigenvalue weighted by Gasteiger charge is 2.06. The molecule has 0 aliphatic rings. The first kappa shape index (κ1) is 12.7. The molecule has 0 heterocycles. The number of carbonyl (C=O) groups excluding carboxylic acids is 1. The molecule has 0 aliphatic carbocycles. The third kappa shape index (κ3) is 3.11. The lowest BCUT2D eigenvalue weighted by Gasteiger charge is -2.07. The largest absolute Gasteiger partial charge is 0.348 e. The SMILES string of the molecule is Cc1cccc(C(=O)NCc2ccccc2Cl)c1. The molecule has 0 saturated heterocycles. The molecule has 0 unspecified atom stereocenters. The van der Waals surface area contributed by atoms with Gasteiger partial charge in [0, 0.05) is 17.1 Å². The van der Waals surface area contributed by atoms with Crippen molar-refractivity contribution in [3.05, 3.63) is 70.2 Å². The molecule has 0 saturated carbocycles. The van der Waals surface area contributed by atoms with Gasteiger partial charge in [0.25, 0.3) is 5.91 Å². The average Bonchev–Trinajstić information content (AvgIpc) is 2.37. The summed E-state index contributed by atoms with van der Waals surface area (Å²) in [5.74, 6) is -0.0846. The van der Waals surface area contributed by atoms with E-state index in [1.54, 1.807) is 6.07 Å². The molecule has 2 aromatic carbocycles. The molecule has 2 nitrogen and oxygen atoms in total. The molecule has 0 radical (unpaired) electrons. The number of nitrogens with one attached hydrogen (secondary N) is 1. The van der Waals surface area contributed by atoms with E-state index >= 15 is 0 Å². The fourth-order valence-electron chi connectivity index (χ4n) is 1.71. The standard InChI is InChI=1S/C15H14ClNO/c1-11-5-4-7-12(9-11)15(18)17-10-13-6-2-3-8-14(13)16/h2-9H,10H2,1H3,(H,17,18). The van der Waals surface area contributed by atoms with E-state index < -0.39 is 0 Å². The van der Waals surface area contributed by atoms with Crippen LogP contribution in [0.4, 0.5) is 0 Å². The first-order valence-corrected chi connectivity index (χ1v) is 6.13. The quantitative estimate of drug-likeness (QED) is 0.897. The molecule has 2 rings (SSSR count). The minimum atomic E-state index is -0.0846. The second-order valence-electron chi connectivity index (χ2n) is 4.14. The maximum atomic E-state index is 11.9. The lowest BCUT2D eigenvalue weighted by atomic mass is 10.1. The van der Waals surface area contributed by atoms with E-state index in [1.807, 2.05) is 49.4 Å². The molecule has 0 aliphatic heterocycles. The van der Waals surface area contributed by atoms with Crippen LogP contribution in [0.5, 0.6) is 0 Å². The van der Waals surface area contributed by atoms with E-state index in [4.69, 9.17) is 11.6 Å². The van der Waals surface area contributed by atoms with Crippen LogP contribution >= 0.6 is 11.6 Å². The smallest absolute Gasteiger partial charge is 0.251 e. The van der Waals surface area contributed by atoms with Crippen molar-refractivity contribution in [2.75, 3.05) is 0 Å². The van der Waals surface area contributed by atoms with Gasteiger partial charge in [-0.05, 0) is 30.7 Å². The van der Waals surface area contributed by atoms with Crippen molar-refractivity contribution < 1.29 is 4.79 Å². The topological polar surface area (TPSA) is 29.1 Å². The molecule has 0 spiro atoms. The first-order chi connectivity index (χ1) is 8.66. The van der Waals surface area contributed by atoms with Gasteiger partial charge in [0.15, 0.2) is 0 Å². The second kappa shape index (κ2) is 5.69. The van der Waals surface area contributed by atoms with Crippen molar-refractivity contribution in [1.82, 2.24) is 5.32 Å². The monoisotopic (exact) mass is 259 g/mol. The van der Waals surface area contributed by atoms with Gasteiger partial charge < -0.3 is 5.32 Å². The molecule has 1 N–H and O–H groups in total. The Hall–Kier alpha value is -1.80. The Morgan fingerprint density at radius 3 is 2.67 bits per heavy atom. The van der Waals surface area contributed by atoms with Crippen LogP contribution in [0.2, 0.25) is 5.02 Å². The average molecular weight is 260 g/mol. The molecule has 1 amide bonds. The van der Waals surface area contributed by atoms with Gasteiger partial charge >= 0.3 is 0 Å². The maximum Gasteiger partial charge on any atom is 0.251 e. The van der Waals surface area contributed by atoms with E-state index in [0.717, 1.165) is 11.1 Å². The fourth-order valence-corrected chi connectivity index (χ4v) is 1.91. The molecular formula is C15H14ClNO. The summed E-state index contributed by atoms with van der Waals surface area (Å²) in [4.78, 5) is 11.9. The zero-order valence-electron chi connectivity index (χ0n) is 10.1. The van der Waals surface area contributed by atoms with E-state index in [0.29, 0.717) is 17.1 Å². The number of aryl methyl sites for hydroxylation is 1. The zero-order valence-corrected chi connectivity index (χ0v) is 10.9. The number of hydrogen-bond acceptors (Lipinski definition) is 1. The van der Waals surface area contributed by atoms with Crippen LogP contribution in [-0.2, 0) is 6.54 Å². The van der Waals surface area contributed by atoms with Gasteiger partial charge in [0.2, 0.25) is 0 Å². The van der Waals surface area contributed by atoms with Crippen molar-refractivity contribution in [1.29, 1.82) is 0 Å². The van der Waals surface area contributed by atoms with Gasteiger partial charge in [-0.25, -0.2) is 0 Å². The van der Waals surface area contributed by atoms with E-state index in [9.17, 15) is 4.79 Å². The highest BCUT2D eigenvalue weighted by atomic mass is 35.5. The third-order valence-corrected chi connectivity index (χ3v) is 3.05. The van der Waals surface area contributed by atoms with Gasteiger partial charge in [0.1, 0.15) is 0 Å². The number of rotatable bonds is 3. The summed E-state index contributed by atoms with van der Waals surface area (Å²) >= 11 is 6.03. The van der Waals surface area contributed by atoms with Crippen LogP contribution < -0.4 is 5.32 Å². The first-order valence-electron chi connectivity index (χ1n) is 5.75. The summed E-state index contributed by atoms with van der Waals surface area (Å²) in [6.45, 7) is 2.40. The molecule has 18 heavy (non-hydrogen) atoms. The summed E-state index contributed by atoms with van der Waals surface area (Å²) in [7, 11) is 0. The molecule has 0 bridgehead atoms. The number of halogens is 1. The fraction of sp³-hybridized carbons (Fsp3) is 0.133. The lowest BCUT2D eigenvalue weighted by Crippen LogP contribution is -2.22. The van der Waals surface area contributed by atoms with Gasteiger partial charge in [-0.1, -0.05) is 47.5 Å². The molecule has 2 aromatic rings. The predicted octanol–water partition coefficient (Wildman–Crippen LogP) is 3.58. The van der Waals surface area contributed by atoms with Crippen LogP contribution in [0, 0.1) is 6.92 Å². The predicted molar refractivity (Wildman–Crippen MR) is 73.8 cm³/mol. The van der Waals surface area contributed by atoms with Crippen LogP contribution in [-0.4, -0.2) is 5.91 Å². The Labute approximate surface area is 112 Å². The minimum Gasteiger partial charge on any atom is -0.348 e. The van der Waals surface area contributed by atoms with Crippen molar-refractivity contribution in [2.24, 2.45) is 0 Å². The zero-order chi connectivity index (χ0) is 13.0. The highest BCUT2D eigenvalue weighted by Crippen LogP contribution is 2.14. The van der Waals surface area contributed by atoms with Crippen molar-refractivity contribution in [3.63, 3.8) is 0 Å². The number of carbonyl (C=O) groups is 1. The summed E-state index contributed by atoms with van der Waals surface area (Å²) in [6.07, 6.45) is 0. The normalized spacial score (nSPS) is 10.1. The second-order valence-corrected chi connectivity index (χ2v) is 4.55. The number of hydrogen-bond donors (Lipinski definition) is 1. The summed E-state index contributed by atoms with van der Waals surface area (Å²) in [5.41, 5.74) is 2.66. The minimum absolute atomic E-state index is 0.0846. The van der Waals surface area contributed by atoms with Gasteiger partial charge in [0.05, 0.1) is 0 Å². The van der Waals surface area contributed by atoms with Crippen molar-refractivity contribution in [2.45, 2.75) is 13.5 Å². The maximum absolute atomic E-state index is 11.9. The Morgan fingerprint density at radius 1 is 1.17 bits per heavy atom. The van der Waals surface area contributed by atoms with Crippen LogP contribution in [0.15, 0.2) is 48.5 Å². The summed E-state index contributed by atoms with van der Waals surface area (Å²) in [5, 5.41) is 3.53. The lowest BCUT2D eigenvalue weighted by molar-refractivity contribution is 0.0951.